The van der Waals surface area contributed by atoms with Crippen LogP contribution in [0.4, 0.5) is 0 Å². The molecule has 0 radical (unpaired) electrons. The van der Waals surface area contributed by atoms with Gasteiger partial charge in [-0.1, -0.05) is 13.8 Å². The van der Waals surface area contributed by atoms with Crippen LogP contribution in [0.25, 0.3) is 0 Å². The number of nitrogens with one attached hydrogen (secondary N) is 1. The fourth-order valence-electron chi connectivity index (χ4n) is 1.85. The van der Waals surface area contributed by atoms with E-state index in [1.54, 1.807) is 7.11 Å². The molecule has 0 spiro atoms. The number of hydrogen-bond donors (Lipinski definition) is 1. The molecule has 15 heavy (non-hydrogen) atoms. The third kappa shape index (κ3) is 3.80. The molecule has 0 bridgehead atoms. The maximum Gasteiger partial charge on any atom is 0.240 e. The number of ether oxygens (including phenoxy) is 1. The van der Waals surface area contributed by atoms with Crippen LogP contribution in [-0.2, 0) is 9.53 Å². The molecular weight excluding hydrogens is 192 g/mol. The fraction of sp³-hybridized carbons (Fsp3) is 0.909. The first-order valence-electron chi connectivity index (χ1n) is 5.66. The van der Waals surface area contributed by atoms with Gasteiger partial charge in [-0.05, 0) is 18.8 Å². The van der Waals surface area contributed by atoms with Crippen LogP contribution in [0.5, 0.6) is 0 Å². The lowest BCUT2D eigenvalue weighted by atomic mass is 10.0. The number of amides is 1. The molecule has 1 saturated heterocycles. The Balaban J connectivity index is 2.29. The zero-order valence-electron chi connectivity index (χ0n) is 9.95. The number of rotatable bonds is 6. The third-order valence-electron chi connectivity index (χ3n) is 2.62. The Kier molecular flexibility index (Phi) is 5.05. The van der Waals surface area contributed by atoms with Crippen molar-refractivity contribution < 1.29 is 9.53 Å². The largest absolute Gasteiger partial charge is 0.385 e. The summed E-state index contributed by atoms with van der Waals surface area (Å²) in [6.45, 7) is 6.50. The van der Waals surface area contributed by atoms with Gasteiger partial charge in [-0.2, -0.15) is 0 Å². The first-order chi connectivity index (χ1) is 7.15. The number of carbonyl (C=O) groups is 1. The summed E-state index contributed by atoms with van der Waals surface area (Å²) in [7, 11) is 1.69. The summed E-state index contributed by atoms with van der Waals surface area (Å²) < 4.78 is 4.97. The lowest BCUT2D eigenvalue weighted by molar-refractivity contribution is -0.129. The second-order valence-electron chi connectivity index (χ2n) is 4.49. The molecule has 1 heterocycles. The Morgan fingerprint density at radius 1 is 1.60 bits per heavy atom. The molecule has 4 heteroatoms. The second-order valence-corrected chi connectivity index (χ2v) is 4.49. The Bertz CT molecular complexity index is 207. The van der Waals surface area contributed by atoms with E-state index in [1.807, 2.05) is 4.90 Å². The Hall–Kier alpha value is -0.610. The summed E-state index contributed by atoms with van der Waals surface area (Å²) in [4.78, 5) is 13.7. The normalized spacial score (nSPS) is 21.7. The summed E-state index contributed by atoms with van der Waals surface area (Å²) in [6.07, 6.45) is 1.85. The average molecular weight is 214 g/mol. The van der Waals surface area contributed by atoms with Crippen molar-refractivity contribution >= 4 is 5.91 Å². The molecule has 1 aliphatic rings. The number of nitrogens with zero attached hydrogens (tertiary/aromatic N) is 1. The van der Waals surface area contributed by atoms with Crippen molar-refractivity contribution in [1.29, 1.82) is 0 Å². The number of hydrogen-bond acceptors (Lipinski definition) is 3. The lowest BCUT2D eigenvalue weighted by Crippen LogP contribution is -2.32. The summed E-state index contributed by atoms with van der Waals surface area (Å²) in [6, 6.07) is 0.0348. The highest BCUT2D eigenvalue weighted by atomic mass is 16.5. The zero-order chi connectivity index (χ0) is 11.3. The molecular formula is C11H22N2O2. The topological polar surface area (TPSA) is 41.6 Å². The predicted octanol–water partition coefficient (Wildman–Crippen LogP) is 0.827. The van der Waals surface area contributed by atoms with Crippen LogP contribution in [0.3, 0.4) is 0 Å². The highest BCUT2D eigenvalue weighted by Crippen LogP contribution is 2.12. The van der Waals surface area contributed by atoms with Gasteiger partial charge >= 0.3 is 0 Å². The molecule has 1 atom stereocenters. The monoisotopic (exact) mass is 214 g/mol. The van der Waals surface area contributed by atoms with Crippen molar-refractivity contribution in [2.75, 3.05) is 26.9 Å². The average Bonchev–Trinajstić information content (AvgIpc) is 2.49. The fourth-order valence-corrected chi connectivity index (χ4v) is 1.85. The molecule has 0 aromatic rings. The minimum atomic E-state index is 0.0348. The van der Waals surface area contributed by atoms with Crippen molar-refractivity contribution in [3.8, 4) is 0 Å². The first-order valence-corrected chi connectivity index (χ1v) is 5.66. The van der Waals surface area contributed by atoms with Gasteiger partial charge in [0, 0.05) is 20.3 Å². The van der Waals surface area contributed by atoms with Gasteiger partial charge in [0.2, 0.25) is 5.91 Å². The lowest BCUT2D eigenvalue weighted by Gasteiger charge is -2.15. The van der Waals surface area contributed by atoms with Crippen LogP contribution >= 0.6 is 0 Å². The van der Waals surface area contributed by atoms with E-state index in [-0.39, 0.29) is 11.9 Å². The van der Waals surface area contributed by atoms with Crippen molar-refractivity contribution in [2.45, 2.75) is 32.7 Å². The van der Waals surface area contributed by atoms with E-state index in [0.717, 1.165) is 26.0 Å². The Labute approximate surface area is 92.0 Å². The molecule has 1 unspecified atom stereocenters. The molecule has 1 amide bonds. The number of methoxy groups -OCH3 is 1. The van der Waals surface area contributed by atoms with E-state index in [1.165, 1.54) is 0 Å². The molecule has 1 rings (SSSR count). The third-order valence-corrected chi connectivity index (χ3v) is 2.62. The van der Waals surface area contributed by atoms with Crippen LogP contribution in [0.2, 0.25) is 0 Å². The van der Waals surface area contributed by atoms with Gasteiger partial charge in [-0.15, -0.1) is 0 Å². The summed E-state index contributed by atoms with van der Waals surface area (Å²) in [5, 5.41) is 3.25. The van der Waals surface area contributed by atoms with E-state index in [2.05, 4.69) is 19.2 Å². The molecule has 0 aromatic heterocycles. The minimum absolute atomic E-state index is 0.0348. The molecule has 0 aliphatic carbocycles. The van der Waals surface area contributed by atoms with Crippen molar-refractivity contribution in [1.82, 2.24) is 10.2 Å². The molecule has 4 nitrogen and oxygen atoms in total. The highest BCUT2D eigenvalue weighted by Gasteiger charge is 2.30. The summed E-state index contributed by atoms with van der Waals surface area (Å²) in [5.41, 5.74) is 0. The van der Waals surface area contributed by atoms with E-state index >= 15 is 0 Å². The van der Waals surface area contributed by atoms with Crippen LogP contribution < -0.4 is 5.32 Å². The van der Waals surface area contributed by atoms with Gasteiger partial charge in [0.05, 0.1) is 12.7 Å². The van der Waals surface area contributed by atoms with Crippen LogP contribution in [0, 0.1) is 5.92 Å². The van der Waals surface area contributed by atoms with Gasteiger partial charge in [0.1, 0.15) is 0 Å². The standard InChI is InChI=1S/C11H22N2O2/c1-9(2)7-10-11(14)13(8-12-10)5-4-6-15-3/h9-10,12H,4-8H2,1-3H3. The highest BCUT2D eigenvalue weighted by molar-refractivity contribution is 5.83. The first kappa shape index (κ1) is 12.5. The molecule has 1 N–H and O–H groups in total. The predicted molar refractivity (Wildman–Crippen MR) is 59.5 cm³/mol. The van der Waals surface area contributed by atoms with E-state index in [4.69, 9.17) is 4.74 Å². The number of carbonyl (C=O) groups excluding carboxylic acids is 1. The minimum Gasteiger partial charge on any atom is -0.385 e. The maximum absolute atomic E-state index is 11.9. The smallest absolute Gasteiger partial charge is 0.240 e. The van der Waals surface area contributed by atoms with Gasteiger partial charge in [-0.25, -0.2) is 0 Å². The van der Waals surface area contributed by atoms with Gasteiger partial charge in [0.15, 0.2) is 0 Å². The molecule has 0 saturated carbocycles. The molecule has 1 fully saturated rings. The Morgan fingerprint density at radius 3 is 2.93 bits per heavy atom. The quantitative estimate of drug-likeness (QED) is 0.666. The van der Waals surface area contributed by atoms with Crippen LogP contribution in [0.1, 0.15) is 26.7 Å². The van der Waals surface area contributed by atoms with Crippen LogP contribution in [-0.4, -0.2) is 43.8 Å². The Morgan fingerprint density at radius 2 is 2.33 bits per heavy atom. The van der Waals surface area contributed by atoms with E-state index in [9.17, 15) is 4.79 Å². The van der Waals surface area contributed by atoms with Gasteiger partial charge < -0.3 is 9.64 Å². The zero-order valence-corrected chi connectivity index (χ0v) is 9.95. The summed E-state index contributed by atoms with van der Waals surface area (Å²) >= 11 is 0. The molecule has 88 valence electrons. The molecule has 1 aliphatic heterocycles. The van der Waals surface area contributed by atoms with E-state index < -0.39 is 0 Å². The SMILES string of the molecule is COCCCN1CNC(CC(C)C)C1=O. The van der Waals surface area contributed by atoms with Gasteiger partial charge in [-0.3, -0.25) is 10.1 Å². The summed E-state index contributed by atoms with van der Waals surface area (Å²) in [5.74, 6) is 0.810. The van der Waals surface area contributed by atoms with Crippen molar-refractivity contribution in [3.05, 3.63) is 0 Å². The van der Waals surface area contributed by atoms with Crippen molar-refractivity contribution in [2.24, 2.45) is 5.92 Å². The molecule has 0 aromatic carbocycles. The van der Waals surface area contributed by atoms with E-state index in [0.29, 0.717) is 12.6 Å². The van der Waals surface area contributed by atoms with Crippen LogP contribution in [0.15, 0.2) is 0 Å². The second kappa shape index (κ2) is 6.08. The maximum atomic E-state index is 11.9. The van der Waals surface area contributed by atoms with Gasteiger partial charge in [0.25, 0.3) is 0 Å². The van der Waals surface area contributed by atoms with Crippen molar-refractivity contribution in [3.63, 3.8) is 0 Å².